The van der Waals surface area contributed by atoms with Crippen molar-refractivity contribution < 1.29 is 4.79 Å². The highest BCUT2D eigenvalue weighted by atomic mass is 32.1. The lowest BCUT2D eigenvalue weighted by atomic mass is 9.91. The fourth-order valence-corrected chi connectivity index (χ4v) is 4.17. The number of carbonyl (C=O) groups excluding carboxylic acids is 1. The van der Waals surface area contributed by atoms with E-state index in [-0.39, 0.29) is 5.91 Å². The molecule has 0 unspecified atom stereocenters. The Kier molecular flexibility index (Phi) is 3.64. The quantitative estimate of drug-likeness (QED) is 0.744. The number of aryl methyl sites for hydroxylation is 2. The van der Waals surface area contributed by atoms with Gasteiger partial charge in [-0.1, -0.05) is 24.3 Å². The summed E-state index contributed by atoms with van der Waals surface area (Å²) in [4.78, 5) is 14.5. The number of carbonyl (C=O) groups is 1. The molecule has 0 atom stereocenters. The van der Waals surface area contributed by atoms with Crippen LogP contribution in [-0.2, 0) is 12.8 Å². The molecule has 1 heterocycles. The third-order valence-electron chi connectivity index (χ3n) is 4.23. The van der Waals surface area contributed by atoms with Crippen molar-refractivity contribution >= 4 is 22.9 Å². The molecule has 0 aliphatic heterocycles. The van der Waals surface area contributed by atoms with E-state index in [1.807, 2.05) is 12.1 Å². The molecule has 116 valence electrons. The summed E-state index contributed by atoms with van der Waals surface area (Å²) in [5.74, 6) is -0.100. The van der Waals surface area contributed by atoms with Gasteiger partial charge in [-0.2, -0.15) is 5.26 Å². The summed E-state index contributed by atoms with van der Waals surface area (Å²) in [5, 5.41) is 11.7. The molecule has 1 aliphatic carbocycles. The molecular weight excluding hydrogens is 316 g/mol. The first-order chi connectivity index (χ1) is 11.7. The van der Waals surface area contributed by atoms with E-state index in [1.54, 1.807) is 35.6 Å². The average molecular weight is 330 g/mol. The van der Waals surface area contributed by atoms with Crippen LogP contribution in [0.5, 0.6) is 0 Å². The highest BCUT2D eigenvalue weighted by Gasteiger charge is 2.21. The van der Waals surface area contributed by atoms with E-state index >= 15 is 0 Å². The average Bonchev–Trinajstić information content (AvgIpc) is 3.07. The molecular formula is C20H14N2OS. The van der Waals surface area contributed by atoms with Crippen molar-refractivity contribution in [1.82, 2.24) is 0 Å². The minimum atomic E-state index is -0.100. The Labute approximate surface area is 144 Å². The summed E-state index contributed by atoms with van der Waals surface area (Å²) in [7, 11) is 0. The number of thiophene rings is 1. The zero-order valence-corrected chi connectivity index (χ0v) is 13.7. The van der Waals surface area contributed by atoms with E-state index in [1.165, 1.54) is 21.6 Å². The first-order valence-corrected chi connectivity index (χ1v) is 8.59. The summed E-state index contributed by atoms with van der Waals surface area (Å²) < 4.78 is 0. The summed E-state index contributed by atoms with van der Waals surface area (Å²) in [6.45, 7) is 0. The molecule has 0 fully saturated rings. The van der Waals surface area contributed by atoms with Gasteiger partial charge in [0.15, 0.2) is 0 Å². The minimum absolute atomic E-state index is 0.100. The maximum Gasteiger partial charge on any atom is 0.265 e. The molecule has 0 spiro atoms. The van der Waals surface area contributed by atoms with Crippen molar-refractivity contribution in [1.29, 1.82) is 5.26 Å². The van der Waals surface area contributed by atoms with Crippen LogP contribution in [-0.4, -0.2) is 5.91 Å². The number of nitrogens with one attached hydrogen (secondary N) is 1. The number of fused-ring (bicyclic) bond motifs is 3. The van der Waals surface area contributed by atoms with Crippen LogP contribution in [0, 0.1) is 11.3 Å². The molecule has 0 saturated carbocycles. The lowest BCUT2D eigenvalue weighted by Crippen LogP contribution is -2.10. The highest BCUT2D eigenvalue weighted by Crippen LogP contribution is 2.39. The van der Waals surface area contributed by atoms with Gasteiger partial charge in [-0.25, -0.2) is 0 Å². The maximum absolute atomic E-state index is 12.5. The minimum Gasteiger partial charge on any atom is -0.321 e. The fourth-order valence-electron chi connectivity index (χ4n) is 3.00. The van der Waals surface area contributed by atoms with Crippen LogP contribution in [0.3, 0.4) is 0 Å². The van der Waals surface area contributed by atoms with Gasteiger partial charge in [0.25, 0.3) is 5.91 Å². The van der Waals surface area contributed by atoms with Crippen LogP contribution >= 0.6 is 11.3 Å². The molecule has 1 N–H and O–H groups in total. The lowest BCUT2D eigenvalue weighted by Gasteiger charge is -2.15. The van der Waals surface area contributed by atoms with Crippen molar-refractivity contribution in [3.05, 3.63) is 76.2 Å². The number of benzene rings is 2. The van der Waals surface area contributed by atoms with Gasteiger partial charge < -0.3 is 5.32 Å². The Bertz CT molecular complexity index is 964. The monoisotopic (exact) mass is 330 g/mol. The molecule has 3 aromatic rings. The molecule has 24 heavy (non-hydrogen) atoms. The number of hydrogen-bond donors (Lipinski definition) is 1. The van der Waals surface area contributed by atoms with Crippen molar-refractivity contribution in [3.8, 4) is 16.5 Å². The number of nitriles is 1. The molecule has 1 amide bonds. The second-order valence-corrected chi connectivity index (χ2v) is 6.82. The van der Waals surface area contributed by atoms with E-state index < -0.39 is 0 Å². The van der Waals surface area contributed by atoms with Crippen LogP contribution < -0.4 is 5.32 Å². The summed E-state index contributed by atoms with van der Waals surface area (Å²) in [6, 6.07) is 19.4. The maximum atomic E-state index is 12.5. The first kappa shape index (κ1) is 14.7. The predicted molar refractivity (Wildman–Crippen MR) is 96.3 cm³/mol. The standard InChI is InChI=1S/C20H14N2OS/c21-12-13-5-9-16(10-6-13)22-20(23)18-11-15-8-7-14-3-1-2-4-17(14)19(15)24-18/h1-6,9-11H,7-8H2,(H,22,23). The van der Waals surface area contributed by atoms with Gasteiger partial charge in [0.1, 0.15) is 0 Å². The van der Waals surface area contributed by atoms with E-state index in [9.17, 15) is 4.79 Å². The fraction of sp³-hybridized carbons (Fsp3) is 0.100. The van der Waals surface area contributed by atoms with Gasteiger partial charge in [0.05, 0.1) is 16.5 Å². The number of nitrogens with zero attached hydrogens (tertiary/aromatic N) is 1. The zero-order chi connectivity index (χ0) is 16.5. The van der Waals surface area contributed by atoms with Gasteiger partial charge >= 0.3 is 0 Å². The van der Waals surface area contributed by atoms with Crippen molar-refractivity contribution in [2.75, 3.05) is 5.32 Å². The lowest BCUT2D eigenvalue weighted by molar-refractivity contribution is 0.103. The summed E-state index contributed by atoms with van der Waals surface area (Å²) in [6.07, 6.45) is 2.00. The number of rotatable bonds is 2. The van der Waals surface area contributed by atoms with Crippen LogP contribution in [0.4, 0.5) is 5.69 Å². The third kappa shape index (κ3) is 2.60. The number of anilines is 1. The Morgan fingerprint density at radius 3 is 2.58 bits per heavy atom. The normalized spacial score (nSPS) is 12.0. The molecule has 0 saturated heterocycles. The van der Waals surface area contributed by atoms with E-state index in [0.29, 0.717) is 11.3 Å². The summed E-state index contributed by atoms with van der Waals surface area (Å²) in [5.41, 5.74) is 5.14. The predicted octanol–water partition coefficient (Wildman–Crippen LogP) is 4.64. The SMILES string of the molecule is N#Cc1ccc(NC(=O)c2cc3c(s2)-c2ccccc2CC3)cc1. The van der Waals surface area contributed by atoms with Gasteiger partial charge in [-0.05, 0) is 59.9 Å². The topological polar surface area (TPSA) is 52.9 Å². The van der Waals surface area contributed by atoms with Crippen LogP contribution in [0.2, 0.25) is 0 Å². The van der Waals surface area contributed by atoms with E-state index in [4.69, 9.17) is 5.26 Å². The second kappa shape index (κ2) is 5.95. The van der Waals surface area contributed by atoms with Gasteiger partial charge in [0.2, 0.25) is 0 Å². The molecule has 2 aromatic carbocycles. The molecule has 1 aromatic heterocycles. The van der Waals surface area contributed by atoms with Crippen molar-refractivity contribution in [2.45, 2.75) is 12.8 Å². The Morgan fingerprint density at radius 2 is 1.79 bits per heavy atom. The Morgan fingerprint density at radius 1 is 1.04 bits per heavy atom. The van der Waals surface area contributed by atoms with Gasteiger partial charge in [-0.3, -0.25) is 4.79 Å². The molecule has 1 aliphatic rings. The molecule has 0 radical (unpaired) electrons. The second-order valence-electron chi connectivity index (χ2n) is 5.77. The van der Waals surface area contributed by atoms with E-state index in [0.717, 1.165) is 17.7 Å². The summed E-state index contributed by atoms with van der Waals surface area (Å²) >= 11 is 1.55. The smallest absolute Gasteiger partial charge is 0.265 e. The van der Waals surface area contributed by atoms with Gasteiger partial charge in [-0.15, -0.1) is 11.3 Å². The highest BCUT2D eigenvalue weighted by molar-refractivity contribution is 7.17. The van der Waals surface area contributed by atoms with Crippen LogP contribution in [0.15, 0.2) is 54.6 Å². The molecule has 3 nitrogen and oxygen atoms in total. The zero-order valence-electron chi connectivity index (χ0n) is 12.9. The molecule has 4 rings (SSSR count). The first-order valence-electron chi connectivity index (χ1n) is 7.77. The number of hydrogen-bond acceptors (Lipinski definition) is 3. The Hall–Kier alpha value is -2.90. The number of amides is 1. The van der Waals surface area contributed by atoms with Crippen LogP contribution in [0.1, 0.15) is 26.4 Å². The van der Waals surface area contributed by atoms with Crippen molar-refractivity contribution in [3.63, 3.8) is 0 Å². The van der Waals surface area contributed by atoms with Crippen molar-refractivity contribution in [2.24, 2.45) is 0 Å². The largest absolute Gasteiger partial charge is 0.321 e. The molecule has 4 heteroatoms. The van der Waals surface area contributed by atoms with Crippen LogP contribution in [0.25, 0.3) is 10.4 Å². The third-order valence-corrected chi connectivity index (χ3v) is 5.44. The Balaban J connectivity index is 1.61. The van der Waals surface area contributed by atoms with E-state index in [2.05, 4.69) is 29.6 Å². The van der Waals surface area contributed by atoms with Gasteiger partial charge in [0, 0.05) is 10.6 Å². The molecule has 0 bridgehead atoms.